The fourth-order valence-electron chi connectivity index (χ4n) is 2.29. The summed E-state index contributed by atoms with van der Waals surface area (Å²) in [6.45, 7) is 2.79. The number of anilines is 1. The predicted molar refractivity (Wildman–Crippen MR) is 74.4 cm³/mol. The number of hydrogen-bond donors (Lipinski definition) is 1. The molecule has 0 saturated heterocycles. The molecule has 3 rings (SSSR count). The number of aryl methyl sites for hydroxylation is 1. The van der Waals surface area contributed by atoms with Crippen molar-refractivity contribution in [1.82, 2.24) is 9.55 Å². The number of imidazole rings is 1. The first kappa shape index (κ1) is 10.8. The summed E-state index contributed by atoms with van der Waals surface area (Å²) in [5.74, 6) is 0.570. The lowest BCUT2D eigenvalue weighted by Gasteiger charge is -2.10. The second-order valence-corrected chi connectivity index (χ2v) is 4.48. The Morgan fingerprint density at radius 3 is 2.67 bits per heavy atom. The fourth-order valence-corrected chi connectivity index (χ4v) is 2.29. The summed E-state index contributed by atoms with van der Waals surface area (Å²) in [6, 6.07) is 14.7. The molecule has 3 aromatic rings. The van der Waals surface area contributed by atoms with E-state index >= 15 is 0 Å². The molecule has 90 valence electrons. The Kier molecular flexibility index (Phi) is 2.52. The van der Waals surface area contributed by atoms with Crippen molar-refractivity contribution in [3.05, 3.63) is 59.9 Å². The highest BCUT2D eigenvalue weighted by molar-refractivity contribution is 5.85. The number of hydrogen-bond acceptors (Lipinski definition) is 2. The van der Waals surface area contributed by atoms with Crippen molar-refractivity contribution < 1.29 is 0 Å². The maximum absolute atomic E-state index is 5.89. The van der Waals surface area contributed by atoms with Crippen LogP contribution in [0.5, 0.6) is 0 Å². The Bertz CT molecular complexity index is 673. The molecule has 0 radical (unpaired) electrons. The minimum Gasteiger partial charge on any atom is -0.369 e. The smallest absolute Gasteiger partial charge is 0.200 e. The first-order valence-corrected chi connectivity index (χ1v) is 6.00. The number of fused-ring (bicyclic) bond motifs is 1. The predicted octanol–water partition coefficient (Wildman–Crippen LogP) is 2.98. The van der Waals surface area contributed by atoms with Gasteiger partial charge >= 0.3 is 0 Å². The van der Waals surface area contributed by atoms with Crippen molar-refractivity contribution in [2.24, 2.45) is 0 Å². The van der Waals surface area contributed by atoms with Crippen LogP contribution in [0.25, 0.3) is 10.8 Å². The van der Waals surface area contributed by atoms with Crippen LogP contribution in [-0.4, -0.2) is 9.55 Å². The fraction of sp³-hybridized carbons (Fsp3) is 0.133. The standard InChI is InChI=1S/C15H15N3/c1-11-9-17-15(16)18(11)10-13-7-4-6-12-5-2-3-8-14(12)13/h2-9H,10H2,1H3,(H2,16,17). The van der Waals surface area contributed by atoms with Gasteiger partial charge in [0.25, 0.3) is 0 Å². The number of nitrogen functional groups attached to an aromatic ring is 1. The van der Waals surface area contributed by atoms with Gasteiger partial charge in [-0.3, -0.25) is 0 Å². The maximum Gasteiger partial charge on any atom is 0.200 e. The average molecular weight is 237 g/mol. The van der Waals surface area contributed by atoms with E-state index in [9.17, 15) is 0 Å². The molecule has 2 N–H and O–H groups in total. The van der Waals surface area contributed by atoms with Crippen LogP contribution in [0.4, 0.5) is 5.95 Å². The minimum atomic E-state index is 0.570. The zero-order valence-electron chi connectivity index (χ0n) is 10.3. The molecule has 0 aliphatic rings. The third-order valence-corrected chi connectivity index (χ3v) is 3.29. The molecule has 0 aliphatic carbocycles. The van der Waals surface area contributed by atoms with Gasteiger partial charge in [0.05, 0.1) is 12.7 Å². The van der Waals surface area contributed by atoms with Gasteiger partial charge in [0.2, 0.25) is 5.95 Å². The highest BCUT2D eigenvalue weighted by atomic mass is 15.1. The molecule has 3 heteroatoms. The number of rotatable bonds is 2. The van der Waals surface area contributed by atoms with E-state index in [4.69, 9.17) is 5.73 Å². The largest absolute Gasteiger partial charge is 0.369 e. The van der Waals surface area contributed by atoms with Gasteiger partial charge < -0.3 is 10.3 Å². The molecule has 0 saturated carbocycles. The van der Waals surface area contributed by atoms with Gasteiger partial charge in [0.1, 0.15) is 0 Å². The van der Waals surface area contributed by atoms with E-state index < -0.39 is 0 Å². The molecule has 0 atom stereocenters. The molecule has 0 spiro atoms. The third kappa shape index (κ3) is 1.74. The Morgan fingerprint density at radius 2 is 1.89 bits per heavy atom. The molecule has 1 heterocycles. The maximum atomic E-state index is 5.89. The molecular formula is C15H15N3. The van der Waals surface area contributed by atoms with Crippen LogP contribution in [-0.2, 0) is 6.54 Å². The molecule has 0 amide bonds. The van der Waals surface area contributed by atoms with Crippen LogP contribution < -0.4 is 5.73 Å². The Morgan fingerprint density at radius 1 is 1.11 bits per heavy atom. The van der Waals surface area contributed by atoms with Gasteiger partial charge in [0.15, 0.2) is 0 Å². The zero-order valence-corrected chi connectivity index (χ0v) is 10.3. The van der Waals surface area contributed by atoms with E-state index in [-0.39, 0.29) is 0 Å². The molecular weight excluding hydrogens is 222 g/mol. The van der Waals surface area contributed by atoms with E-state index in [1.807, 2.05) is 11.5 Å². The van der Waals surface area contributed by atoms with Gasteiger partial charge in [-0.2, -0.15) is 0 Å². The highest BCUT2D eigenvalue weighted by Gasteiger charge is 2.06. The lowest BCUT2D eigenvalue weighted by atomic mass is 10.0. The molecule has 3 nitrogen and oxygen atoms in total. The SMILES string of the molecule is Cc1cnc(N)n1Cc1cccc2ccccc12. The van der Waals surface area contributed by atoms with E-state index in [1.54, 1.807) is 6.20 Å². The van der Waals surface area contributed by atoms with Crippen molar-refractivity contribution in [3.8, 4) is 0 Å². The first-order chi connectivity index (χ1) is 8.75. The molecule has 0 fully saturated rings. The second-order valence-electron chi connectivity index (χ2n) is 4.48. The summed E-state index contributed by atoms with van der Waals surface area (Å²) >= 11 is 0. The van der Waals surface area contributed by atoms with Crippen LogP contribution in [0.2, 0.25) is 0 Å². The van der Waals surface area contributed by atoms with E-state index in [0.29, 0.717) is 5.95 Å². The van der Waals surface area contributed by atoms with Crippen molar-refractivity contribution in [3.63, 3.8) is 0 Å². The quantitative estimate of drug-likeness (QED) is 0.744. The number of aromatic nitrogens is 2. The van der Waals surface area contributed by atoms with Gasteiger partial charge in [-0.05, 0) is 23.3 Å². The molecule has 18 heavy (non-hydrogen) atoms. The Hall–Kier alpha value is -2.29. The summed E-state index contributed by atoms with van der Waals surface area (Å²) < 4.78 is 2.03. The third-order valence-electron chi connectivity index (χ3n) is 3.29. The second kappa shape index (κ2) is 4.18. The van der Waals surface area contributed by atoms with Crippen molar-refractivity contribution in [2.75, 3.05) is 5.73 Å². The van der Waals surface area contributed by atoms with Crippen LogP contribution >= 0.6 is 0 Å². The summed E-state index contributed by atoms with van der Waals surface area (Å²) in [5, 5.41) is 2.53. The van der Waals surface area contributed by atoms with Gasteiger partial charge in [-0.15, -0.1) is 0 Å². The molecule has 0 unspecified atom stereocenters. The van der Waals surface area contributed by atoms with E-state index in [1.165, 1.54) is 16.3 Å². The van der Waals surface area contributed by atoms with Crippen molar-refractivity contribution in [1.29, 1.82) is 0 Å². The topological polar surface area (TPSA) is 43.8 Å². The molecule has 1 aromatic heterocycles. The minimum absolute atomic E-state index is 0.570. The van der Waals surface area contributed by atoms with Crippen LogP contribution in [0.1, 0.15) is 11.3 Å². The lowest BCUT2D eigenvalue weighted by Crippen LogP contribution is -2.06. The molecule has 0 bridgehead atoms. The first-order valence-electron chi connectivity index (χ1n) is 6.00. The normalized spacial score (nSPS) is 10.9. The Labute approximate surface area is 106 Å². The van der Waals surface area contributed by atoms with Crippen LogP contribution in [0.3, 0.4) is 0 Å². The van der Waals surface area contributed by atoms with Gasteiger partial charge in [0, 0.05) is 5.69 Å². The number of nitrogens with zero attached hydrogens (tertiary/aromatic N) is 2. The van der Waals surface area contributed by atoms with Crippen LogP contribution in [0, 0.1) is 6.92 Å². The van der Waals surface area contributed by atoms with Crippen molar-refractivity contribution in [2.45, 2.75) is 13.5 Å². The molecule has 0 aliphatic heterocycles. The van der Waals surface area contributed by atoms with Gasteiger partial charge in [-0.1, -0.05) is 42.5 Å². The number of benzene rings is 2. The number of nitrogens with two attached hydrogens (primary N) is 1. The lowest BCUT2D eigenvalue weighted by molar-refractivity contribution is 0.788. The summed E-state index contributed by atoms with van der Waals surface area (Å²) in [5.41, 5.74) is 8.23. The van der Waals surface area contributed by atoms with Gasteiger partial charge in [-0.25, -0.2) is 4.98 Å². The van der Waals surface area contributed by atoms with E-state index in [2.05, 4.69) is 47.4 Å². The summed E-state index contributed by atoms with van der Waals surface area (Å²) in [6.07, 6.45) is 1.81. The highest BCUT2D eigenvalue weighted by Crippen LogP contribution is 2.20. The monoisotopic (exact) mass is 237 g/mol. The van der Waals surface area contributed by atoms with Crippen molar-refractivity contribution >= 4 is 16.7 Å². The van der Waals surface area contributed by atoms with E-state index in [0.717, 1.165) is 12.2 Å². The molecule has 2 aromatic carbocycles. The average Bonchev–Trinajstić information content (AvgIpc) is 2.71. The van der Waals surface area contributed by atoms with Crippen LogP contribution in [0.15, 0.2) is 48.7 Å². The summed E-state index contributed by atoms with van der Waals surface area (Å²) in [4.78, 5) is 4.13. The Balaban J connectivity index is 2.11. The zero-order chi connectivity index (χ0) is 12.5. The summed E-state index contributed by atoms with van der Waals surface area (Å²) in [7, 11) is 0.